The molecule has 9 aliphatic heterocycles. The monoisotopic (exact) mass is 1580 g/mol. The molecule has 0 radical (unpaired) electrons. The zero-order chi connectivity index (χ0) is 79.5. The van der Waals surface area contributed by atoms with Crippen molar-refractivity contribution < 1.29 is 223 Å². The Morgan fingerprint density at radius 3 is 0.972 bits per heavy atom. The lowest BCUT2D eigenvalue weighted by molar-refractivity contribution is -0.390. The molecular weight excluding hydrogens is 1480 g/mol. The third-order valence-electron chi connectivity index (χ3n) is 19.9. The molecule has 45 atom stereocenters. The highest BCUT2D eigenvalue weighted by Gasteiger charge is 2.61. The van der Waals surface area contributed by atoms with Crippen LogP contribution in [0.4, 0.5) is 0 Å². The van der Waals surface area contributed by atoms with Gasteiger partial charge in [-0.1, -0.05) is 0 Å². The SMILES string of the molecule is CC(=O)N[C@H]1[C@H](O[C@H]2[C@@H](O)[C@@H](CO[C@@H]3O[C@H](CO)[C@@H](O[C@@H]4O[C@H](CO)[C@H](O)[C@H](O)[C@H]4O[C@@H]4O[C@@H](C)[C@@H](O)[C@@H](O)[C@@H]4O)[C@H](O)[C@H]3NC(C)=O)O[C@@H](O[C@H]3[C@H](O)[C@@H](NC(C)=O)[C@H](O[C@H]4[C@@H](O)[C@@H](CO)O[C@@H](O[C@H]5[C@H](O)[C@@H](O)[C@H](O)O[C@@H]5CO)[C@@H]4O)O[C@@H]3CO)[C@@H]2O)O[C@H](CO)[C@@H](O[C@@H]2O[C@H](CO)[C@H](O)[C@H](O)[C@H]2O)[C@@H]1O. The van der Waals surface area contributed by atoms with E-state index in [0.29, 0.717) is 0 Å². The highest BCUT2D eigenvalue weighted by atomic mass is 16.8. The Hall–Kier alpha value is -3.27. The number of carbonyl (C=O) groups excluding carboxylic acids is 3. The van der Waals surface area contributed by atoms with E-state index in [-0.39, 0.29) is 0 Å². The molecule has 0 spiro atoms. The van der Waals surface area contributed by atoms with Crippen LogP contribution in [0.5, 0.6) is 0 Å². The molecule has 0 aromatic rings. The predicted molar refractivity (Wildman–Crippen MR) is 330 cm³/mol. The minimum absolute atomic E-state index is 0.926. The lowest BCUT2D eigenvalue weighted by Gasteiger charge is -2.51. The normalized spacial score (nSPS) is 50.4. The Morgan fingerprint density at radius 2 is 0.546 bits per heavy atom. The molecule has 626 valence electrons. The Kier molecular flexibility index (Phi) is 31.6. The van der Waals surface area contributed by atoms with Gasteiger partial charge in [0.1, 0.15) is 213 Å². The van der Waals surface area contributed by atoms with Gasteiger partial charge in [-0.3, -0.25) is 14.4 Å². The molecule has 9 aliphatic rings. The first-order valence-electron chi connectivity index (χ1n) is 34.5. The van der Waals surface area contributed by atoms with Crippen LogP contribution >= 0.6 is 0 Å². The van der Waals surface area contributed by atoms with Crippen LogP contribution in [0, 0.1) is 0 Å². The van der Waals surface area contributed by atoms with E-state index in [1.165, 1.54) is 6.92 Å². The van der Waals surface area contributed by atoms with Gasteiger partial charge in [-0.2, -0.15) is 0 Å². The first kappa shape index (κ1) is 88.7. The van der Waals surface area contributed by atoms with E-state index in [9.17, 15) is 142 Å². The molecule has 48 heteroatoms. The van der Waals surface area contributed by atoms with Crippen LogP contribution in [0.2, 0.25) is 0 Å². The van der Waals surface area contributed by atoms with E-state index in [1.807, 2.05) is 0 Å². The molecule has 0 aliphatic carbocycles. The molecule has 0 aromatic heterocycles. The topological polar surface area (TPSA) is 750 Å². The first-order valence-corrected chi connectivity index (χ1v) is 34.5. The summed E-state index contributed by atoms with van der Waals surface area (Å²) in [4.78, 5) is 39.0. The maximum atomic E-state index is 13.0. The Bertz CT molecular complexity index is 2820. The smallest absolute Gasteiger partial charge is 0.217 e. The van der Waals surface area contributed by atoms with E-state index in [1.54, 1.807) is 0 Å². The van der Waals surface area contributed by atoms with E-state index < -0.39 is 347 Å². The Morgan fingerprint density at radius 1 is 0.259 bits per heavy atom. The Labute approximate surface area is 611 Å². The zero-order valence-electron chi connectivity index (χ0n) is 58.0. The second-order valence-corrected chi connectivity index (χ2v) is 27.4. The standard InChI is InChI=1S/C60H101N3O45/c1-13-28(74)36(82)41(87)56(93-13)108-51-38(84)30(76)18(6-65)97-60(51)105-47-21(9-68)98-53(25(33(47)79)61-14(2)71)92-12-24-32(78)50(107-55-26(62-15(3)72)34(80)45(22(10-69)99-55)102-57-42(88)37(83)29(75)17(5-64)95-57)44(90)59(101-24)103-46-23(11-70)100-54(27(35(46)81)63-16(4)73)106-49-31(77)19(7-66)96-58(43(49)89)104-48-20(8-67)94-52(91)40(86)39(48)85/h13,17-60,64-70,74-91H,5-12H2,1-4H3,(H,61,71)(H,62,72)(H,63,73)/t13-,17+,18+,19+,20+,21+,22+,23+,24+,25+,26+,27+,28+,29-,30-,31-,32-,33+,34+,35+,36+,37-,38-,39+,40+,41-,42+,43+,44+,45+,46+,47+,48+,49-,50-,51+,52+,53+,54-,55-,56-,57-,58-,59-,60-/m0/s1. The van der Waals surface area contributed by atoms with E-state index in [2.05, 4.69) is 16.0 Å². The molecule has 28 N–H and O–H groups in total. The average molecular weight is 1580 g/mol. The largest absolute Gasteiger partial charge is 0.394 e. The van der Waals surface area contributed by atoms with Gasteiger partial charge >= 0.3 is 0 Å². The highest BCUT2D eigenvalue weighted by Crippen LogP contribution is 2.40. The highest BCUT2D eigenvalue weighted by molar-refractivity contribution is 5.74. The summed E-state index contributed by atoms with van der Waals surface area (Å²) in [5, 5.41) is 282. The molecule has 9 saturated heterocycles. The summed E-state index contributed by atoms with van der Waals surface area (Å²) in [7, 11) is 0. The number of hydrogen-bond donors (Lipinski definition) is 28. The summed E-state index contributed by atoms with van der Waals surface area (Å²) in [6, 6.07) is -5.81. The second-order valence-electron chi connectivity index (χ2n) is 27.4. The van der Waals surface area contributed by atoms with Crippen molar-refractivity contribution in [3.8, 4) is 0 Å². The number of carbonyl (C=O) groups is 3. The maximum Gasteiger partial charge on any atom is 0.217 e. The van der Waals surface area contributed by atoms with E-state index >= 15 is 0 Å². The minimum Gasteiger partial charge on any atom is -0.394 e. The summed E-state index contributed by atoms with van der Waals surface area (Å²) < 4.78 is 99.5. The van der Waals surface area contributed by atoms with Gasteiger partial charge in [-0.25, -0.2) is 0 Å². The first-order chi connectivity index (χ1) is 51.1. The van der Waals surface area contributed by atoms with Crippen LogP contribution in [-0.4, -0.2) is 474 Å². The maximum absolute atomic E-state index is 13.0. The van der Waals surface area contributed by atoms with Gasteiger partial charge in [0.2, 0.25) is 17.7 Å². The van der Waals surface area contributed by atoms with Gasteiger partial charge in [0.15, 0.2) is 56.6 Å². The van der Waals surface area contributed by atoms with Crippen LogP contribution in [-0.2, 0) is 94.9 Å². The summed E-state index contributed by atoms with van der Waals surface area (Å²) in [6.45, 7) is -4.48. The molecule has 48 nitrogen and oxygen atoms in total. The zero-order valence-corrected chi connectivity index (χ0v) is 58.0. The van der Waals surface area contributed by atoms with Gasteiger partial charge in [0.25, 0.3) is 0 Å². The quantitative estimate of drug-likeness (QED) is 0.0363. The summed E-state index contributed by atoms with van der Waals surface area (Å²) in [5.41, 5.74) is 0. The fourth-order valence-electron chi connectivity index (χ4n) is 14.0. The van der Waals surface area contributed by atoms with E-state index in [0.717, 1.165) is 20.8 Å². The third-order valence-corrected chi connectivity index (χ3v) is 19.9. The number of amides is 3. The van der Waals surface area contributed by atoms with Crippen molar-refractivity contribution in [1.29, 1.82) is 0 Å². The fourth-order valence-corrected chi connectivity index (χ4v) is 14.0. The molecule has 0 aromatic carbocycles. The predicted octanol–water partition coefficient (Wildman–Crippen LogP) is -19.2. The van der Waals surface area contributed by atoms with E-state index in [4.69, 9.17) is 80.5 Å². The van der Waals surface area contributed by atoms with Crippen LogP contribution < -0.4 is 16.0 Å². The van der Waals surface area contributed by atoms with Gasteiger partial charge in [-0.15, -0.1) is 0 Å². The number of aliphatic hydroxyl groups excluding tert-OH is 25. The van der Waals surface area contributed by atoms with Crippen molar-refractivity contribution in [2.75, 3.05) is 52.9 Å². The van der Waals surface area contributed by atoms with Gasteiger partial charge in [-0.05, 0) is 6.92 Å². The number of rotatable bonds is 27. The van der Waals surface area contributed by atoms with Gasteiger partial charge in [0.05, 0.1) is 59.0 Å². The molecule has 0 bridgehead atoms. The average Bonchev–Trinajstić information content (AvgIpc) is 0.767. The van der Waals surface area contributed by atoms with Gasteiger partial charge in [0, 0.05) is 20.8 Å². The van der Waals surface area contributed by atoms with Crippen molar-refractivity contribution in [3.05, 3.63) is 0 Å². The van der Waals surface area contributed by atoms with Crippen molar-refractivity contribution in [2.45, 2.75) is 304 Å². The fraction of sp³-hybridized carbons (Fsp3) is 0.950. The molecule has 0 saturated carbocycles. The molecule has 9 fully saturated rings. The molecule has 108 heavy (non-hydrogen) atoms. The minimum atomic E-state index is -2.49. The van der Waals surface area contributed by atoms with Gasteiger partial charge < -0.3 is 224 Å². The molecule has 9 rings (SSSR count). The number of hydrogen-bond acceptors (Lipinski definition) is 45. The molecule has 3 amide bonds. The van der Waals surface area contributed by atoms with Crippen molar-refractivity contribution in [2.24, 2.45) is 0 Å². The number of nitrogens with one attached hydrogen (secondary N) is 3. The number of ether oxygens (including phenoxy) is 17. The summed E-state index contributed by atoms with van der Waals surface area (Å²) in [6.07, 6.45) is -84.3. The van der Waals surface area contributed by atoms with Crippen molar-refractivity contribution in [1.82, 2.24) is 16.0 Å². The van der Waals surface area contributed by atoms with Crippen molar-refractivity contribution >= 4 is 17.7 Å². The summed E-state index contributed by atoms with van der Waals surface area (Å²) in [5.74, 6) is -2.85. The van der Waals surface area contributed by atoms with Crippen LogP contribution in [0.15, 0.2) is 0 Å². The molecular formula is C60H101N3O45. The molecule has 0 unspecified atom stereocenters. The van der Waals surface area contributed by atoms with Crippen molar-refractivity contribution in [3.63, 3.8) is 0 Å². The lowest BCUT2D eigenvalue weighted by Crippen LogP contribution is -2.71. The van der Waals surface area contributed by atoms with Crippen LogP contribution in [0.3, 0.4) is 0 Å². The third kappa shape index (κ3) is 19.1. The summed E-state index contributed by atoms with van der Waals surface area (Å²) >= 11 is 0. The Balaban J connectivity index is 1.01. The van der Waals surface area contributed by atoms with Crippen LogP contribution in [0.25, 0.3) is 0 Å². The van der Waals surface area contributed by atoms with Crippen LogP contribution in [0.1, 0.15) is 27.7 Å². The lowest BCUT2D eigenvalue weighted by atomic mass is 9.93. The number of aliphatic hydroxyl groups is 25. The molecule has 9 heterocycles. The second kappa shape index (κ2) is 38.5.